The standard InChI is InChI=1S/C15H13Cl2NO2/c16-10-7-12(17)13(18-8-10)14(19)11-5-1-3-9-4-2-6-20-15(9)11/h1,3,5,7-8,14,19H,2,4,6H2. The van der Waals surface area contributed by atoms with Gasteiger partial charge >= 0.3 is 0 Å². The third kappa shape index (κ3) is 2.49. The minimum absolute atomic E-state index is 0.346. The molecule has 1 unspecified atom stereocenters. The summed E-state index contributed by atoms with van der Waals surface area (Å²) in [7, 11) is 0. The first-order chi connectivity index (χ1) is 9.66. The van der Waals surface area contributed by atoms with E-state index in [-0.39, 0.29) is 0 Å². The highest BCUT2D eigenvalue weighted by Crippen LogP contribution is 2.37. The van der Waals surface area contributed by atoms with Crippen LogP contribution in [0.25, 0.3) is 0 Å². The number of aryl methyl sites for hydroxylation is 1. The van der Waals surface area contributed by atoms with Gasteiger partial charge in [-0.1, -0.05) is 41.4 Å². The van der Waals surface area contributed by atoms with Crippen molar-refractivity contribution < 1.29 is 9.84 Å². The van der Waals surface area contributed by atoms with Crippen LogP contribution in [0.2, 0.25) is 10.0 Å². The number of aliphatic hydroxyl groups is 1. The van der Waals surface area contributed by atoms with Crippen molar-refractivity contribution in [3.8, 4) is 5.75 Å². The van der Waals surface area contributed by atoms with Crippen molar-refractivity contribution in [2.24, 2.45) is 0 Å². The number of rotatable bonds is 2. The van der Waals surface area contributed by atoms with Crippen LogP contribution >= 0.6 is 23.2 Å². The van der Waals surface area contributed by atoms with Crippen molar-refractivity contribution in [3.63, 3.8) is 0 Å². The number of aromatic nitrogens is 1. The Morgan fingerprint density at radius 1 is 1.30 bits per heavy atom. The fourth-order valence-electron chi connectivity index (χ4n) is 2.40. The summed E-state index contributed by atoms with van der Waals surface area (Å²) in [5.41, 5.74) is 2.19. The van der Waals surface area contributed by atoms with E-state index in [1.54, 1.807) is 6.07 Å². The molecule has 0 bridgehead atoms. The molecule has 0 aliphatic carbocycles. The quantitative estimate of drug-likeness (QED) is 0.917. The van der Waals surface area contributed by atoms with Gasteiger partial charge in [-0.2, -0.15) is 0 Å². The fraction of sp³-hybridized carbons (Fsp3) is 0.267. The zero-order valence-corrected chi connectivity index (χ0v) is 12.2. The topological polar surface area (TPSA) is 42.4 Å². The molecule has 0 saturated carbocycles. The second-order valence-electron chi connectivity index (χ2n) is 4.71. The Labute approximate surface area is 127 Å². The number of hydrogen-bond donors (Lipinski definition) is 1. The van der Waals surface area contributed by atoms with Gasteiger partial charge in [-0.25, -0.2) is 0 Å². The van der Waals surface area contributed by atoms with E-state index < -0.39 is 6.10 Å². The van der Waals surface area contributed by atoms with E-state index in [1.165, 1.54) is 6.20 Å². The third-order valence-electron chi connectivity index (χ3n) is 3.35. The number of pyridine rings is 1. The first-order valence-corrected chi connectivity index (χ1v) is 7.16. The van der Waals surface area contributed by atoms with E-state index in [9.17, 15) is 5.11 Å². The van der Waals surface area contributed by atoms with E-state index in [4.69, 9.17) is 27.9 Å². The van der Waals surface area contributed by atoms with Gasteiger partial charge in [-0.05, 0) is 24.5 Å². The predicted molar refractivity (Wildman–Crippen MR) is 78.6 cm³/mol. The molecular weight excluding hydrogens is 297 g/mol. The Bertz CT molecular complexity index is 646. The summed E-state index contributed by atoms with van der Waals surface area (Å²) in [6.45, 7) is 0.665. The Hall–Kier alpha value is -1.29. The maximum atomic E-state index is 10.5. The van der Waals surface area contributed by atoms with Gasteiger partial charge in [0.2, 0.25) is 0 Å². The lowest BCUT2D eigenvalue weighted by Crippen LogP contribution is -2.13. The minimum Gasteiger partial charge on any atom is -0.493 e. The van der Waals surface area contributed by atoms with E-state index in [0.29, 0.717) is 27.9 Å². The van der Waals surface area contributed by atoms with Crippen LogP contribution in [0.15, 0.2) is 30.5 Å². The molecule has 1 N–H and O–H groups in total. The predicted octanol–water partition coefficient (Wildman–Crippen LogP) is 3.80. The van der Waals surface area contributed by atoms with Crippen LogP contribution < -0.4 is 4.74 Å². The molecule has 1 aliphatic rings. The molecule has 0 radical (unpaired) electrons. The summed E-state index contributed by atoms with van der Waals surface area (Å²) in [5.74, 6) is 0.749. The molecule has 2 aromatic rings. The van der Waals surface area contributed by atoms with Crippen LogP contribution in [0.5, 0.6) is 5.75 Å². The lowest BCUT2D eigenvalue weighted by Gasteiger charge is -2.22. The van der Waals surface area contributed by atoms with E-state index >= 15 is 0 Å². The Morgan fingerprint density at radius 2 is 2.15 bits per heavy atom. The number of aliphatic hydroxyl groups excluding tert-OH is 1. The van der Waals surface area contributed by atoms with Gasteiger partial charge in [-0.15, -0.1) is 0 Å². The highest BCUT2D eigenvalue weighted by atomic mass is 35.5. The van der Waals surface area contributed by atoms with Crippen molar-refractivity contribution in [2.75, 3.05) is 6.61 Å². The van der Waals surface area contributed by atoms with Gasteiger partial charge in [0.1, 0.15) is 11.9 Å². The van der Waals surface area contributed by atoms with E-state index in [0.717, 1.165) is 24.2 Å². The number of para-hydroxylation sites is 1. The number of hydrogen-bond acceptors (Lipinski definition) is 3. The zero-order valence-electron chi connectivity index (χ0n) is 10.6. The fourth-order valence-corrected chi connectivity index (χ4v) is 2.89. The van der Waals surface area contributed by atoms with Crippen LogP contribution in [0.1, 0.15) is 29.3 Å². The molecular formula is C15H13Cl2NO2. The number of benzene rings is 1. The summed E-state index contributed by atoms with van der Waals surface area (Å²) < 4.78 is 5.70. The average Bonchev–Trinajstić information content (AvgIpc) is 2.46. The van der Waals surface area contributed by atoms with E-state index in [1.807, 2.05) is 18.2 Å². The van der Waals surface area contributed by atoms with Crippen molar-refractivity contribution >= 4 is 23.2 Å². The largest absolute Gasteiger partial charge is 0.493 e. The normalized spacial score (nSPS) is 15.3. The highest BCUT2D eigenvalue weighted by Gasteiger charge is 2.23. The van der Waals surface area contributed by atoms with E-state index in [2.05, 4.69) is 4.98 Å². The Morgan fingerprint density at radius 3 is 2.95 bits per heavy atom. The van der Waals surface area contributed by atoms with Crippen LogP contribution in [0.4, 0.5) is 0 Å². The molecule has 5 heteroatoms. The second kappa shape index (κ2) is 5.60. The Kier molecular flexibility index (Phi) is 3.83. The Balaban J connectivity index is 2.04. The number of halogens is 2. The SMILES string of the molecule is OC(c1cccc2c1OCCC2)c1ncc(Cl)cc1Cl. The molecule has 1 aromatic carbocycles. The molecule has 0 saturated heterocycles. The van der Waals surface area contributed by atoms with Crippen LogP contribution in [0.3, 0.4) is 0 Å². The van der Waals surface area contributed by atoms with Crippen molar-refractivity contribution in [1.29, 1.82) is 0 Å². The first-order valence-electron chi connectivity index (χ1n) is 6.40. The summed E-state index contributed by atoms with van der Waals surface area (Å²) in [6, 6.07) is 7.34. The molecule has 20 heavy (non-hydrogen) atoms. The molecule has 3 rings (SSSR count). The average molecular weight is 310 g/mol. The lowest BCUT2D eigenvalue weighted by atomic mass is 9.97. The minimum atomic E-state index is -0.923. The van der Waals surface area contributed by atoms with Gasteiger partial charge < -0.3 is 9.84 Å². The van der Waals surface area contributed by atoms with Crippen molar-refractivity contribution in [1.82, 2.24) is 4.98 Å². The molecule has 0 fully saturated rings. The summed E-state index contributed by atoms with van der Waals surface area (Å²) >= 11 is 11.9. The second-order valence-corrected chi connectivity index (χ2v) is 5.55. The smallest absolute Gasteiger partial charge is 0.128 e. The number of ether oxygens (including phenoxy) is 1. The number of nitrogens with zero attached hydrogens (tertiary/aromatic N) is 1. The van der Waals surface area contributed by atoms with Crippen LogP contribution in [0, 0.1) is 0 Å². The number of fused-ring (bicyclic) bond motifs is 1. The van der Waals surface area contributed by atoms with Gasteiger partial charge in [0, 0.05) is 11.8 Å². The maximum Gasteiger partial charge on any atom is 0.128 e. The molecule has 1 aromatic heterocycles. The summed E-state index contributed by atoms with van der Waals surface area (Å²) in [5, 5.41) is 11.3. The highest BCUT2D eigenvalue weighted by molar-refractivity contribution is 6.34. The molecule has 2 heterocycles. The third-order valence-corrected chi connectivity index (χ3v) is 3.86. The van der Waals surface area contributed by atoms with Crippen LogP contribution in [-0.2, 0) is 6.42 Å². The summed E-state index contributed by atoms with van der Waals surface area (Å²) in [6.07, 6.45) is 2.50. The molecule has 1 atom stereocenters. The molecule has 0 spiro atoms. The lowest BCUT2D eigenvalue weighted by molar-refractivity contribution is 0.202. The maximum absolute atomic E-state index is 10.5. The van der Waals surface area contributed by atoms with Crippen LogP contribution in [-0.4, -0.2) is 16.7 Å². The first kappa shape index (κ1) is 13.7. The zero-order chi connectivity index (χ0) is 14.1. The van der Waals surface area contributed by atoms with Gasteiger partial charge in [0.15, 0.2) is 0 Å². The molecule has 1 aliphatic heterocycles. The molecule has 0 amide bonds. The van der Waals surface area contributed by atoms with Crippen molar-refractivity contribution in [2.45, 2.75) is 18.9 Å². The summed E-state index contributed by atoms with van der Waals surface area (Å²) in [4.78, 5) is 4.13. The van der Waals surface area contributed by atoms with Gasteiger partial charge in [-0.3, -0.25) is 4.98 Å². The monoisotopic (exact) mass is 309 g/mol. The van der Waals surface area contributed by atoms with Gasteiger partial charge in [0.05, 0.1) is 22.3 Å². The molecule has 104 valence electrons. The van der Waals surface area contributed by atoms with Gasteiger partial charge in [0.25, 0.3) is 0 Å². The molecule has 3 nitrogen and oxygen atoms in total. The van der Waals surface area contributed by atoms with Crippen molar-refractivity contribution in [3.05, 3.63) is 57.3 Å².